The van der Waals surface area contributed by atoms with Crippen LogP contribution in [0.15, 0.2) is 18.2 Å². The molecule has 2 atom stereocenters. The minimum absolute atomic E-state index is 0.256. The Morgan fingerprint density at radius 2 is 2.00 bits per heavy atom. The predicted octanol–water partition coefficient (Wildman–Crippen LogP) is 3.46. The molecule has 0 bridgehead atoms. The Bertz CT molecular complexity index is 585. The lowest BCUT2D eigenvalue weighted by atomic mass is 10.0. The maximum absolute atomic E-state index is 9.83. The first kappa shape index (κ1) is 19.6. The van der Waals surface area contributed by atoms with Crippen molar-refractivity contribution in [1.29, 1.82) is 5.26 Å². The Morgan fingerprint density at radius 1 is 1.20 bits per heavy atom. The second-order valence-corrected chi connectivity index (χ2v) is 6.50. The third-order valence-electron chi connectivity index (χ3n) is 4.71. The highest BCUT2D eigenvalue weighted by Gasteiger charge is 2.30. The number of rotatable bonds is 8. The highest BCUT2D eigenvalue weighted by Crippen LogP contribution is 2.33. The van der Waals surface area contributed by atoms with E-state index >= 15 is 0 Å². The van der Waals surface area contributed by atoms with Gasteiger partial charge in [0, 0.05) is 25.7 Å². The van der Waals surface area contributed by atoms with Crippen molar-refractivity contribution in [3.05, 3.63) is 23.8 Å². The molecule has 25 heavy (non-hydrogen) atoms. The van der Waals surface area contributed by atoms with Gasteiger partial charge in [0.15, 0.2) is 11.5 Å². The standard InChI is InChI=1S/C20H31N3O2/c1-5-12-25-19-9-8-17(13-20(19)24-7-3)18(14-21)23-11-10-22(6-2)15-16(23)4/h8-9,13,16,18H,5-7,10-12,15H2,1-4H3. The highest BCUT2D eigenvalue weighted by atomic mass is 16.5. The van der Waals surface area contributed by atoms with Crippen molar-refractivity contribution in [2.45, 2.75) is 46.2 Å². The van der Waals surface area contributed by atoms with Crippen LogP contribution in [0.2, 0.25) is 0 Å². The van der Waals surface area contributed by atoms with Crippen LogP contribution in [-0.2, 0) is 0 Å². The Kier molecular flexibility index (Phi) is 7.54. The van der Waals surface area contributed by atoms with Gasteiger partial charge in [0.25, 0.3) is 0 Å². The molecular formula is C20H31N3O2. The van der Waals surface area contributed by atoms with Crippen molar-refractivity contribution in [1.82, 2.24) is 9.80 Å². The fourth-order valence-corrected chi connectivity index (χ4v) is 3.35. The topological polar surface area (TPSA) is 48.7 Å². The van der Waals surface area contributed by atoms with Gasteiger partial charge in [-0.05, 0) is 44.5 Å². The van der Waals surface area contributed by atoms with E-state index < -0.39 is 0 Å². The maximum atomic E-state index is 9.83. The van der Waals surface area contributed by atoms with Crippen LogP contribution in [0, 0.1) is 11.3 Å². The number of benzene rings is 1. The van der Waals surface area contributed by atoms with Crippen LogP contribution in [-0.4, -0.2) is 55.2 Å². The molecule has 1 heterocycles. The molecule has 0 N–H and O–H groups in total. The van der Waals surface area contributed by atoms with Crippen molar-refractivity contribution in [3.63, 3.8) is 0 Å². The fourth-order valence-electron chi connectivity index (χ4n) is 3.35. The molecule has 1 fully saturated rings. The van der Waals surface area contributed by atoms with Gasteiger partial charge in [-0.15, -0.1) is 0 Å². The number of ether oxygens (including phenoxy) is 2. The summed E-state index contributed by atoms with van der Waals surface area (Å²) in [7, 11) is 0. The number of hydrogen-bond acceptors (Lipinski definition) is 5. The molecule has 0 aromatic heterocycles. The third kappa shape index (κ3) is 4.87. The molecule has 1 aliphatic heterocycles. The lowest BCUT2D eigenvalue weighted by Gasteiger charge is -2.41. The second-order valence-electron chi connectivity index (χ2n) is 6.50. The lowest BCUT2D eigenvalue weighted by Crippen LogP contribution is -2.52. The quantitative estimate of drug-likeness (QED) is 0.722. The summed E-state index contributed by atoms with van der Waals surface area (Å²) in [4.78, 5) is 4.73. The molecular weight excluding hydrogens is 314 g/mol. The first-order valence-electron chi connectivity index (χ1n) is 9.41. The Morgan fingerprint density at radius 3 is 2.60 bits per heavy atom. The maximum Gasteiger partial charge on any atom is 0.161 e. The first-order chi connectivity index (χ1) is 12.1. The van der Waals surface area contributed by atoms with E-state index in [0.717, 1.165) is 49.7 Å². The summed E-state index contributed by atoms with van der Waals surface area (Å²) in [6.45, 7) is 13.7. The van der Waals surface area contributed by atoms with Gasteiger partial charge in [0.05, 0.1) is 19.3 Å². The summed E-state index contributed by atoms with van der Waals surface area (Å²) in [6.07, 6.45) is 0.952. The SMILES string of the molecule is CCCOc1ccc(C(C#N)N2CCN(CC)CC2C)cc1OCC. The van der Waals surface area contributed by atoms with Gasteiger partial charge >= 0.3 is 0 Å². The summed E-state index contributed by atoms with van der Waals surface area (Å²) in [5, 5.41) is 9.83. The monoisotopic (exact) mass is 345 g/mol. The summed E-state index contributed by atoms with van der Waals surface area (Å²) in [6, 6.07) is 8.50. The molecule has 0 amide bonds. The summed E-state index contributed by atoms with van der Waals surface area (Å²) in [5.74, 6) is 1.49. The van der Waals surface area contributed by atoms with Crippen molar-refractivity contribution >= 4 is 0 Å². The number of piperazine rings is 1. The van der Waals surface area contributed by atoms with E-state index in [0.29, 0.717) is 19.3 Å². The molecule has 5 heteroatoms. The van der Waals surface area contributed by atoms with Crippen LogP contribution in [0.4, 0.5) is 0 Å². The average molecular weight is 345 g/mol. The van der Waals surface area contributed by atoms with Gasteiger partial charge in [-0.25, -0.2) is 0 Å². The van der Waals surface area contributed by atoms with E-state index in [1.807, 2.05) is 25.1 Å². The normalized spacial score (nSPS) is 20.0. The Hall–Kier alpha value is -1.77. The predicted molar refractivity (Wildman–Crippen MR) is 100 cm³/mol. The molecule has 0 spiro atoms. The number of nitrogens with zero attached hydrogens (tertiary/aromatic N) is 3. The summed E-state index contributed by atoms with van der Waals surface area (Å²) in [5.41, 5.74) is 0.978. The number of nitriles is 1. The van der Waals surface area contributed by atoms with Crippen LogP contribution in [0.25, 0.3) is 0 Å². The van der Waals surface area contributed by atoms with Crippen LogP contribution in [0.3, 0.4) is 0 Å². The van der Waals surface area contributed by atoms with E-state index in [9.17, 15) is 5.26 Å². The van der Waals surface area contributed by atoms with E-state index in [2.05, 4.69) is 36.6 Å². The van der Waals surface area contributed by atoms with Gasteiger partial charge in [0.1, 0.15) is 6.04 Å². The minimum atomic E-state index is -0.256. The third-order valence-corrected chi connectivity index (χ3v) is 4.71. The van der Waals surface area contributed by atoms with Crippen molar-refractivity contribution in [3.8, 4) is 17.6 Å². The second kappa shape index (κ2) is 9.65. The van der Waals surface area contributed by atoms with Crippen molar-refractivity contribution < 1.29 is 9.47 Å². The molecule has 1 aromatic carbocycles. The molecule has 0 radical (unpaired) electrons. The molecule has 1 aromatic rings. The molecule has 1 aliphatic rings. The zero-order valence-electron chi connectivity index (χ0n) is 16.0. The van der Waals surface area contributed by atoms with Gasteiger partial charge < -0.3 is 14.4 Å². The smallest absolute Gasteiger partial charge is 0.161 e. The van der Waals surface area contributed by atoms with Crippen LogP contribution in [0.5, 0.6) is 11.5 Å². The summed E-state index contributed by atoms with van der Waals surface area (Å²) < 4.78 is 11.5. The number of likely N-dealkylation sites (N-methyl/N-ethyl adjacent to an activating group) is 1. The first-order valence-corrected chi connectivity index (χ1v) is 9.41. The van der Waals surface area contributed by atoms with Gasteiger partial charge in [-0.2, -0.15) is 5.26 Å². The molecule has 0 saturated carbocycles. The van der Waals surface area contributed by atoms with E-state index in [4.69, 9.17) is 9.47 Å². The van der Waals surface area contributed by atoms with E-state index in [1.165, 1.54) is 0 Å². The zero-order chi connectivity index (χ0) is 18.2. The molecule has 0 aliphatic carbocycles. The van der Waals surface area contributed by atoms with E-state index in [-0.39, 0.29) is 6.04 Å². The lowest BCUT2D eigenvalue weighted by molar-refractivity contribution is 0.0682. The molecule has 2 unspecified atom stereocenters. The van der Waals surface area contributed by atoms with Crippen LogP contribution >= 0.6 is 0 Å². The van der Waals surface area contributed by atoms with E-state index in [1.54, 1.807) is 0 Å². The minimum Gasteiger partial charge on any atom is -0.490 e. The fraction of sp³-hybridized carbons (Fsp3) is 0.650. The largest absolute Gasteiger partial charge is 0.490 e. The Labute approximate surface area is 152 Å². The van der Waals surface area contributed by atoms with Crippen molar-refractivity contribution in [2.24, 2.45) is 0 Å². The molecule has 138 valence electrons. The molecule has 1 saturated heterocycles. The number of hydrogen-bond donors (Lipinski definition) is 0. The average Bonchev–Trinajstić information content (AvgIpc) is 2.63. The van der Waals surface area contributed by atoms with Crippen LogP contribution in [0.1, 0.15) is 45.7 Å². The van der Waals surface area contributed by atoms with Crippen LogP contribution < -0.4 is 9.47 Å². The molecule has 5 nitrogen and oxygen atoms in total. The summed E-state index contributed by atoms with van der Waals surface area (Å²) >= 11 is 0. The van der Waals surface area contributed by atoms with Gasteiger partial charge in [-0.1, -0.05) is 19.9 Å². The zero-order valence-corrected chi connectivity index (χ0v) is 16.0. The van der Waals surface area contributed by atoms with Gasteiger partial charge in [0.2, 0.25) is 0 Å². The Balaban J connectivity index is 2.22. The highest BCUT2D eigenvalue weighted by molar-refractivity contribution is 5.45. The van der Waals surface area contributed by atoms with Crippen molar-refractivity contribution in [2.75, 3.05) is 39.4 Å². The van der Waals surface area contributed by atoms with Gasteiger partial charge in [-0.3, -0.25) is 4.90 Å². The molecule has 2 rings (SSSR count).